The Morgan fingerprint density at radius 1 is 1.28 bits per heavy atom. The second kappa shape index (κ2) is 8.76. The van der Waals surface area contributed by atoms with E-state index in [-0.39, 0.29) is 11.4 Å². The van der Waals surface area contributed by atoms with Gasteiger partial charge in [-0.25, -0.2) is 5.43 Å². The first-order chi connectivity index (χ1) is 13.7. The molecule has 1 atom stereocenters. The highest BCUT2D eigenvalue weighted by atomic mass is 35.5. The van der Waals surface area contributed by atoms with Crippen molar-refractivity contribution in [2.75, 3.05) is 11.4 Å². The van der Waals surface area contributed by atoms with E-state index in [2.05, 4.69) is 49.2 Å². The minimum atomic E-state index is -0.295. The fourth-order valence-electron chi connectivity index (χ4n) is 4.09. The van der Waals surface area contributed by atoms with Crippen molar-refractivity contribution < 1.29 is 4.79 Å². The lowest BCUT2D eigenvalue weighted by Gasteiger charge is -2.47. The van der Waals surface area contributed by atoms with Gasteiger partial charge in [0.25, 0.3) is 5.91 Å². The summed E-state index contributed by atoms with van der Waals surface area (Å²) in [4.78, 5) is 14.7. The number of benzene rings is 2. The van der Waals surface area contributed by atoms with Crippen LogP contribution in [-0.4, -0.2) is 24.2 Å². The molecule has 1 amide bonds. The number of carbonyl (C=O) groups excluding carboxylic acids is 1. The smallest absolute Gasteiger partial charge is 0.271 e. The van der Waals surface area contributed by atoms with Crippen LogP contribution >= 0.6 is 23.2 Å². The first-order valence-corrected chi connectivity index (χ1v) is 10.7. The Hall–Kier alpha value is -2.04. The summed E-state index contributed by atoms with van der Waals surface area (Å²) >= 11 is 12.4. The zero-order valence-corrected chi connectivity index (χ0v) is 18.8. The van der Waals surface area contributed by atoms with Gasteiger partial charge in [-0.1, -0.05) is 37.0 Å². The average molecular weight is 432 g/mol. The number of hydrogen-bond donors (Lipinski definition) is 1. The molecule has 2 aromatic rings. The third-order valence-electron chi connectivity index (χ3n) is 5.43. The van der Waals surface area contributed by atoms with Gasteiger partial charge in [-0.3, -0.25) is 4.79 Å². The highest BCUT2D eigenvalue weighted by Gasteiger charge is 2.36. The Balaban J connectivity index is 1.83. The fraction of sp³-hybridized carbons (Fsp3) is 0.391. The Morgan fingerprint density at radius 2 is 1.97 bits per heavy atom. The molecule has 1 N–H and O–H groups in total. The number of nitrogens with zero attached hydrogens (tertiary/aromatic N) is 2. The number of hydrogen-bond acceptors (Lipinski definition) is 3. The maximum Gasteiger partial charge on any atom is 0.271 e. The summed E-state index contributed by atoms with van der Waals surface area (Å²) in [5, 5.41) is 5.31. The molecular weight excluding hydrogens is 405 g/mol. The fourth-order valence-corrected chi connectivity index (χ4v) is 4.43. The van der Waals surface area contributed by atoms with E-state index in [4.69, 9.17) is 23.2 Å². The van der Waals surface area contributed by atoms with Crippen molar-refractivity contribution in [1.82, 2.24) is 5.43 Å². The van der Waals surface area contributed by atoms with Crippen molar-refractivity contribution in [2.24, 2.45) is 5.10 Å². The number of rotatable bonds is 5. The Kier molecular flexibility index (Phi) is 6.55. The summed E-state index contributed by atoms with van der Waals surface area (Å²) < 4.78 is 0. The summed E-state index contributed by atoms with van der Waals surface area (Å²) in [6, 6.07) is 10.8. The summed E-state index contributed by atoms with van der Waals surface area (Å²) in [7, 11) is 0. The lowest BCUT2D eigenvalue weighted by atomic mass is 9.79. The number of nitrogens with one attached hydrogen (secondary N) is 1. The molecule has 0 aromatic heterocycles. The second-order valence-corrected chi connectivity index (χ2v) is 9.05. The van der Waals surface area contributed by atoms with E-state index in [1.54, 1.807) is 30.5 Å². The molecule has 0 spiro atoms. The quantitative estimate of drug-likeness (QED) is 0.448. The number of fused-ring (bicyclic) bond motifs is 1. The van der Waals surface area contributed by atoms with Gasteiger partial charge in [0.2, 0.25) is 0 Å². The highest BCUT2D eigenvalue weighted by molar-refractivity contribution is 6.33. The van der Waals surface area contributed by atoms with Gasteiger partial charge in [0, 0.05) is 33.9 Å². The molecular formula is C23H27Cl2N3O. The van der Waals surface area contributed by atoms with Gasteiger partial charge in [-0.05, 0) is 74.6 Å². The molecule has 6 heteroatoms. The number of anilines is 1. The first-order valence-electron chi connectivity index (χ1n) is 9.93. The number of amides is 1. The van der Waals surface area contributed by atoms with Gasteiger partial charge in [0.15, 0.2) is 0 Å². The van der Waals surface area contributed by atoms with Crippen LogP contribution in [0.15, 0.2) is 41.5 Å². The molecule has 1 unspecified atom stereocenters. The summed E-state index contributed by atoms with van der Waals surface area (Å²) in [5.74, 6) is 0.123. The van der Waals surface area contributed by atoms with Crippen LogP contribution in [0.2, 0.25) is 10.0 Å². The lowest BCUT2D eigenvalue weighted by Crippen LogP contribution is -2.48. The van der Waals surface area contributed by atoms with E-state index in [1.807, 2.05) is 6.07 Å². The van der Waals surface area contributed by atoms with Crippen molar-refractivity contribution >= 4 is 41.0 Å². The minimum Gasteiger partial charge on any atom is -0.366 e. The van der Waals surface area contributed by atoms with Crippen LogP contribution in [0.5, 0.6) is 0 Å². The van der Waals surface area contributed by atoms with Crippen molar-refractivity contribution in [2.45, 2.75) is 52.0 Å². The molecule has 154 valence electrons. The van der Waals surface area contributed by atoms with Crippen LogP contribution in [0.3, 0.4) is 0 Å². The summed E-state index contributed by atoms with van der Waals surface area (Å²) in [6.45, 7) is 10.0. The van der Waals surface area contributed by atoms with Gasteiger partial charge in [0.1, 0.15) is 0 Å². The topological polar surface area (TPSA) is 44.7 Å². The lowest BCUT2D eigenvalue weighted by molar-refractivity contribution is 0.0955. The molecule has 29 heavy (non-hydrogen) atoms. The molecule has 2 aromatic carbocycles. The van der Waals surface area contributed by atoms with E-state index in [9.17, 15) is 4.79 Å². The van der Waals surface area contributed by atoms with Crippen LogP contribution < -0.4 is 10.3 Å². The van der Waals surface area contributed by atoms with Crippen LogP contribution in [0, 0.1) is 0 Å². The third-order valence-corrected chi connectivity index (χ3v) is 6.01. The van der Waals surface area contributed by atoms with Crippen LogP contribution in [-0.2, 0) is 0 Å². The minimum absolute atomic E-state index is 0.0912. The van der Waals surface area contributed by atoms with E-state index in [0.29, 0.717) is 21.5 Å². The average Bonchev–Trinajstić information content (AvgIpc) is 2.66. The Morgan fingerprint density at radius 3 is 2.62 bits per heavy atom. The molecule has 0 bridgehead atoms. The van der Waals surface area contributed by atoms with Crippen LogP contribution in [0.4, 0.5) is 5.69 Å². The largest absolute Gasteiger partial charge is 0.366 e. The molecule has 0 saturated heterocycles. The van der Waals surface area contributed by atoms with Crippen molar-refractivity contribution in [3.8, 4) is 0 Å². The van der Waals surface area contributed by atoms with Crippen molar-refractivity contribution in [3.63, 3.8) is 0 Å². The predicted octanol–water partition coefficient (Wildman–Crippen LogP) is 6.26. The van der Waals surface area contributed by atoms with E-state index in [0.717, 1.165) is 24.9 Å². The molecule has 0 fully saturated rings. The zero-order chi connectivity index (χ0) is 21.2. The van der Waals surface area contributed by atoms with Gasteiger partial charge in [-0.15, -0.1) is 0 Å². The van der Waals surface area contributed by atoms with Gasteiger partial charge in [0.05, 0.1) is 11.2 Å². The summed E-state index contributed by atoms with van der Waals surface area (Å²) in [5.41, 5.74) is 6.40. The monoisotopic (exact) mass is 431 g/mol. The first kappa shape index (κ1) is 21.7. The zero-order valence-electron chi connectivity index (χ0n) is 17.3. The number of halogens is 2. The predicted molar refractivity (Wildman–Crippen MR) is 123 cm³/mol. The number of hydrazone groups is 1. The molecule has 1 aliphatic rings. The van der Waals surface area contributed by atoms with Crippen molar-refractivity contribution in [1.29, 1.82) is 0 Å². The molecule has 4 nitrogen and oxygen atoms in total. The summed E-state index contributed by atoms with van der Waals surface area (Å²) in [6.07, 6.45) is 3.76. The van der Waals surface area contributed by atoms with Gasteiger partial charge < -0.3 is 4.90 Å². The Bertz CT molecular complexity index is 922. The number of carbonyl (C=O) groups is 1. The normalized spacial score (nSPS) is 18.0. The van der Waals surface area contributed by atoms with Gasteiger partial charge in [-0.2, -0.15) is 5.10 Å². The van der Waals surface area contributed by atoms with Crippen LogP contribution in [0.25, 0.3) is 0 Å². The van der Waals surface area contributed by atoms with Crippen molar-refractivity contribution in [3.05, 3.63) is 63.1 Å². The highest BCUT2D eigenvalue weighted by Crippen LogP contribution is 2.45. The molecule has 0 saturated carbocycles. The van der Waals surface area contributed by atoms with Crippen LogP contribution in [0.1, 0.15) is 67.9 Å². The SMILES string of the molecule is CCCN1c2cc(Cl)c(/C=N\NC(=O)c3ccc(Cl)cc3)cc2C(C)CC1(C)C. The van der Waals surface area contributed by atoms with E-state index in [1.165, 1.54) is 11.3 Å². The van der Waals surface area contributed by atoms with E-state index >= 15 is 0 Å². The molecule has 1 heterocycles. The molecule has 1 aliphatic heterocycles. The molecule has 3 rings (SSSR count). The van der Waals surface area contributed by atoms with E-state index < -0.39 is 0 Å². The standard InChI is InChI=1S/C23H27Cl2N3O/c1-5-10-28-21-12-20(25)17(11-19(21)15(2)13-23(28,3)4)14-26-27-22(29)16-6-8-18(24)9-7-16/h6-9,11-12,14-15H,5,10,13H2,1-4H3,(H,27,29)/b26-14-. The Labute approximate surface area is 182 Å². The molecule has 0 aliphatic carbocycles. The maximum absolute atomic E-state index is 12.2. The third kappa shape index (κ3) is 4.76. The second-order valence-electron chi connectivity index (χ2n) is 8.21. The maximum atomic E-state index is 12.2. The molecule has 0 radical (unpaired) electrons. The van der Waals surface area contributed by atoms with Gasteiger partial charge >= 0.3 is 0 Å².